The van der Waals surface area contributed by atoms with Crippen molar-refractivity contribution in [2.75, 3.05) is 18.1 Å². The molecule has 3 aromatic carbocycles. The average molecular weight is 628 g/mol. The van der Waals surface area contributed by atoms with Gasteiger partial charge in [-0.05, 0) is 55.2 Å². The number of benzene rings is 3. The first-order valence-corrected chi connectivity index (χ1v) is 16.1. The number of carbonyl (C=O) groups excluding carboxylic acids is 2. The number of aromatic nitrogens is 2. The van der Waals surface area contributed by atoms with E-state index in [4.69, 9.17) is 9.47 Å². The molecule has 0 spiro atoms. The minimum absolute atomic E-state index is 0.0454. The second-order valence-corrected chi connectivity index (χ2v) is 12.2. The highest BCUT2D eigenvalue weighted by Crippen LogP contribution is 2.45. The van der Waals surface area contributed by atoms with Crippen LogP contribution in [0.3, 0.4) is 0 Å². The fourth-order valence-electron chi connectivity index (χ4n) is 4.68. The van der Waals surface area contributed by atoms with E-state index in [1.165, 1.54) is 39.6 Å². The Hall–Kier alpha value is -4.41. The number of aliphatic hydroxyl groups is 1. The summed E-state index contributed by atoms with van der Waals surface area (Å²) in [5, 5.41) is 20.1. The molecule has 1 N–H and O–H groups in total. The van der Waals surface area contributed by atoms with E-state index in [9.17, 15) is 14.7 Å². The highest BCUT2D eigenvalue weighted by molar-refractivity contribution is 8.00. The number of ether oxygens (including phenoxy) is 2. The van der Waals surface area contributed by atoms with Crippen molar-refractivity contribution < 1.29 is 24.2 Å². The van der Waals surface area contributed by atoms with E-state index in [1.54, 1.807) is 24.3 Å². The highest BCUT2D eigenvalue weighted by Gasteiger charge is 2.45. The monoisotopic (exact) mass is 627 g/mol. The van der Waals surface area contributed by atoms with E-state index in [0.29, 0.717) is 40.4 Å². The minimum Gasteiger partial charge on any atom is -0.503 e. The number of rotatable bonds is 13. The molecule has 0 aliphatic carbocycles. The van der Waals surface area contributed by atoms with Gasteiger partial charge in [-0.25, -0.2) is 0 Å². The van der Waals surface area contributed by atoms with Gasteiger partial charge in [-0.15, -0.1) is 10.2 Å². The number of anilines is 1. The molecule has 8 nitrogen and oxygen atoms in total. The lowest BCUT2D eigenvalue weighted by molar-refractivity contribution is -0.117. The van der Waals surface area contributed by atoms with Crippen molar-refractivity contribution in [1.29, 1.82) is 0 Å². The number of carbonyl (C=O) groups is 2. The number of amides is 1. The average Bonchev–Trinajstić information content (AvgIpc) is 3.61. The minimum atomic E-state index is -0.960. The fourth-order valence-corrected chi connectivity index (χ4v) is 6.50. The van der Waals surface area contributed by atoms with Crippen LogP contribution < -0.4 is 14.4 Å². The molecule has 44 heavy (non-hydrogen) atoms. The molecule has 5 rings (SSSR count). The Morgan fingerprint density at radius 3 is 2.52 bits per heavy atom. The molecule has 0 fully saturated rings. The van der Waals surface area contributed by atoms with E-state index in [1.807, 2.05) is 51.1 Å². The van der Waals surface area contributed by atoms with Crippen LogP contribution in [-0.2, 0) is 15.3 Å². The van der Waals surface area contributed by atoms with E-state index in [-0.39, 0.29) is 10.7 Å². The zero-order valence-electron chi connectivity index (χ0n) is 24.7. The quantitative estimate of drug-likeness (QED) is 0.0923. The fraction of sp³-hybridized carbons (Fsp3) is 0.235. The molecule has 1 atom stereocenters. The highest BCUT2D eigenvalue weighted by atomic mass is 32.2. The van der Waals surface area contributed by atoms with Gasteiger partial charge in [-0.3, -0.25) is 14.5 Å². The Morgan fingerprint density at radius 1 is 1.02 bits per heavy atom. The Bertz CT molecular complexity index is 1680. The van der Waals surface area contributed by atoms with Crippen molar-refractivity contribution in [3.63, 3.8) is 0 Å². The molecule has 226 valence electrons. The van der Waals surface area contributed by atoms with Gasteiger partial charge in [0, 0.05) is 5.75 Å². The molecule has 0 saturated heterocycles. The molecule has 10 heteroatoms. The van der Waals surface area contributed by atoms with Crippen LogP contribution in [0.15, 0.2) is 94.5 Å². The lowest BCUT2D eigenvalue weighted by Crippen LogP contribution is -2.31. The zero-order chi connectivity index (χ0) is 31.1. The second kappa shape index (κ2) is 14.4. The molecule has 1 amide bonds. The van der Waals surface area contributed by atoms with Crippen LogP contribution in [-0.4, -0.2) is 40.2 Å². The van der Waals surface area contributed by atoms with Gasteiger partial charge in [-0.1, -0.05) is 102 Å². The molecule has 1 aliphatic heterocycles. The lowest BCUT2D eigenvalue weighted by Gasteiger charge is -2.24. The Morgan fingerprint density at radius 2 is 1.80 bits per heavy atom. The third-order valence-corrected chi connectivity index (χ3v) is 8.96. The van der Waals surface area contributed by atoms with Crippen LogP contribution in [0.5, 0.6) is 11.5 Å². The molecule has 1 unspecified atom stereocenters. The van der Waals surface area contributed by atoms with Crippen LogP contribution >= 0.6 is 23.1 Å². The molecule has 0 saturated carbocycles. The predicted molar refractivity (Wildman–Crippen MR) is 174 cm³/mol. The first kappa shape index (κ1) is 31.0. The number of hydrogen-bond donors (Lipinski definition) is 1. The van der Waals surface area contributed by atoms with E-state index < -0.39 is 23.5 Å². The van der Waals surface area contributed by atoms with Gasteiger partial charge in [0.2, 0.25) is 5.13 Å². The van der Waals surface area contributed by atoms with Crippen molar-refractivity contribution in [2.24, 2.45) is 0 Å². The summed E-state index contributed by atoms with van der Waals surface area (Å²) in [7, 11) is 0. The summed E-state index contributed by atoms with van der Waals surface area (Å²) in [5.74, 6) is -0.108. The van der Waals surface area contributed by atoms with Crippen molar-refractivity contribution >= 4 is 46.0 Å². The summed E-state index contributed by atoms with van der Waals surface area (Å²) in [4.78, 5) is 28.6. The molecular formula is C34H33N3O5S2. The Kier molecular flexibility index (Phi) is 10.1. The summed E-state index contributed by atoms with van der Waals surface area (Å²) in [5.41, 5.74) is 3.66. The van der Waals surface area contributed by atoms with Crippen LogP contribution in [0.1, 0.15) is 48.6 Å². The number of nitrogens with zero attached hydrogens (tertiary/aromatic N) is 3. The largest absolute Gasteiger partial charge is 0.503 e. The van der Waals surface area contributed by atoms with Gasteiger partial charge >= 0.3 is 0 Å². The number of aliphatic hydroxyl groups excluding tert-OH is 1. The normalized spacial score (nSPS) is 14.9. The Labute approximate surface area is 265 Å². The number of aryl methyl sites for hydroxylation is 1. The molecular weight excluding hydrogens is 595 g/mol. The molecule has 0 bridgehead atoms. The number of thioether (sulfide) groups is 1. The maximum atomic E-state index is 13.7. The summed E-state index contributed by atoms with van der Waals surface area (Å²) < 4.78 is 12.4. The third kappa shape index (κ3) is 7.03. The van der Waals surface area contributed by atoms with Gasteiger partial charge in [0.1, 0.15) is 0 Å². The number of ketones is 1. The van der Waals surface area contributed by atoms with Crippen LogP contribution in [0, 0.1) is 6.92 Å². The summed E-state index contributed by atoms with van der Waals surface area (Å²) in [6.45, 7) is 6.83. The maximum absolute atomic E-state index is 13.7. The zero-order valence-corrected chi connectivity index (χ0v) is 26.4. The molecule has 2 heterocycles. The molecule has 4 aromatic rings. The van der Waals surface area contributed by atoms with Gasteiger partial charge in [0.25, 0.3) is 5.91 Å². The maximum Gasteiger partial charge on any atom is 0.296 e. The van der Waals surface area contributed by atoms with Crippen LogP contribution in [0.25, 0.3) is 6.08 Å². The van der Waals surface area contributed by atoms with Gasteiger partial charge in [0.05, 0.1) is 24.8 Å². The van der Waals surface area contributed by atoms with Gasteiger partial charge in [0.15, 0.2) is 27.4 Å². The molecule has 0 radical (unpaired) electrons. The van der Waals surface area contributed by atoms with Crippen LogP contribution in [0.2, 0.25) is 0 Å². The molecule has 1 aliphatic rings. The SMILES string of the molecule is CCCOc1ccc(C2C(C(=O)C=Cc3ccccc3)=C(O)C(=O)N2c2nnc(SCc3ccc(C)cc3)s2)cc1OCC. The van der Waals surface area contributed by atoms with E-state index in [2.05, 4.69) is 34.5 Å². The van der Waals surface area contributed by atoms with Crippen molar-refractivity contribution in [3.05, 3.63) is 112 Å². The second-order valence-electron chi connectivity index (χ2n) is 10.1. The predicted octanol–water partition coefficient (Wildman–Crippen LogP) is 7.51. The third-order valence-electron chi connectivity index (χ3n) is 6.83. The van der Waals surface area contributed by atoms with E-state index >= 15 is 0 Å². The van der Waals surface area contributed by atoms with Crippen molar-refractivity contribution in [3.8, 4) is 11.5 Å². The summed E-state index contributed by atoms with van der Waals surface area (Å²) in [6, 6.07) is 21.9. The first-order valence-electron chi connectivity index (χ1n) is 14.3. The summed E-state index contributed by atoms with van der Waals surface area (Å²) in [6.07, 6.45) is 3.85. The van der Waals surface area contributed by atoms with Crippen molar-refractivity contribution in [2.45, 2.75) is 43.3 Å². The van der Waals surface area contributed by atoms with Gasteiger partial charge in [-0.2, -0.15) is 0 Å². The number of allylic oxidation sites excluding steroid dienone is 1. The first-order chi connectivity index (χ1) is 21.4. The van der Waals surface area contributed by atoms with Crippen LogP contribution in [0.4, 0.5) is 5.13 Å². The van der Waals surface area contributed by atoms with Crippen molar-refractivity contribution in [1.82, 2.24) is 10.2 Å². The standard InChI is InChI=1S/C34H33N3O5S2/c1-4-19-42-27-18-16-25(20-28(27)41-5-2)30-29(26(38)17-15-23-9-7-6-8-10-23)31(39)32(40)37(30)33-35-36-34(44-33)43-21-24-13-11-22(3)12-14-24/h6-18,20,30,39H,4-5,19,21H2,1-3H3. The topological polar surface area (TPSA) is 102 Å². The molecule has 1 aromatic heterocycles. The van der Waals surface area contributed by atoms with E-state index in [0.717, 1.165) is 17.5 Å². The summed E-state index contributed by atoms with van der Waals surface area (Å²) >= 11 is 2.74. The number of hydrogen-bond acceptors (Lipinski definition) is 9. The lowest BCUT2D eigenvalue weighted by atomic mass is 9.95. The smallest absolute Gasteiger partial charge is 0.296 e. The van der Waals surface area contributed by atoms with Gasteiger partial charge < -0.3 is 14.6 Å². The Balaban J connectivity index is 1.51.